The van der Waals surface area contributed by atoms with Crippen LogP contribution in [0.15, 0.2) is 48.5 Å². The van der Waals surface area contributed by atoms with Crippen molar-refractivity contribution in [1.82, 2.24) is 0 Å². The minimum Gasteiger partial charge on any atom is -0.497 e. The number of hydrogen-bond acceptors (Lipinski definition) is 3. The molecule has 19 heavy (non-hydrogen) atoms. The van der Waals surface area contributed by atoms with Crippen LogP contribution in [0.25, 0.3) is 0 Å². The monoisotopic (exact) mass is 310 g/mol. The number of para-hydroxylation sites is 1. The normalized spacial score (nSPS) is 13.6. The maximum atomic E-state index is 5.76. The zero-order valence-electron chi connectivity index (χ0n) is 10.7. The summed E-state index contributed by atoms with van der Waals surface area (Å²) in [6.07, 6.45) is 0. The summed E-state index contributed by atoms with van der Waals surface area (Å²) in [6.45, 7) is 0. The number of ether oxygens (including phenoxy) is 2. The highest BCUT2D eigenvalue weighted by molar-refractivity contribution is 8.68. The molecule has 2 nitrogen and oxygen atoms in total. The summed E-state index contributed by atoms with van der Waals surface area (Å²) in [4.78, 5) is 0. The van der Waals surface area contributed by atoms with Gasteiger partial charge in [0.15, 0.2) is 0 Å². The molecule has 0 N–H and O–H groups in total. The predicted octanol–water partition coefficient (Wildman–Crippen LogP) is 2.98. The summed E-state index contributed by atoms with van der Waals surface area (Å²) in [5, 5.41) is -0.137. The predicted molar refractivity (Wildman–Crippen MR) is 88.5 cm³/mol. The summed E-state index contributed by atoms with van der Waals surface area (Å²) >= 11 is 10.5. The molecule has 0 heterocycles. The molecule has 2 rings (SSSR count). The second-order valence-electron chi connectivity index (χ2n) is 3.95. The van der Waals surface area contributed by atoms with Crippen LogP contribution in [0.3, 0.4) is 0 Å². The van der Waals surface area contributed by atoms with E-state index in [2.05, 4.69) is 0 Å². The third kappa shape index (κ3) is 2.97. The highest BCUT2D eigenvalue weighted by atomic mass is 32.9. The van der Waals surface area contributed by atoms with E-state index in [1.807, 2.05) is 48.5 Å². The Balaban J connectivity index is 2.48. The molecular formula is C14H15O2PS2. The first-order valence-corrected chi connectivity index (χ1v) is 9.66. The molecule has 0 aliphatic rings. The largest absolute Gasteiger partial charge is 0.497 e. The molecule has 0 aliphatic heterocycles. The van der Waals surface area contributed by atoms with Gasteiger partial charge in [0.1, 0.15) is 11.5 Å². The molecule has 0 radical (unpaired) electrons. The third-order valence-electron chi connectivity index (χ3n) is 2.83. The Bertz CT molecular complexity index is 611. The van der Waals surface area contributed by atoms with E-state index in [1.165, 1.54) is 0 Å². The van der Waals surface area contributed by atoms with Gasteiger partial charge < -0.3 is 9.47 Å². The summed E-state index contributed by atoms with van der Waals surface area (Å²) in [5.74, 6) is 1.60. The maximum absolute atomic E-state index is 5.76. The van der Waals surface area contributed by atoms with Crippen LogP contribution in [0, 0.1) is 0 Å². The van der Waals surface area contributed by atoms with Gasteiger partial charge in [0.2, 0.25) is 0 Å². The Kier molecular flexibility index (Phi) is 4.56. The van der Waals surface area contributed by atoms with Crippen molar-refractivity contribution < 1.29 is 9.47 Å². The van der Waals surface area contributed by atoms with Crippen LogP contribution in [0.1, 0.15) is 0 Å². The highest BCUT2D eigenvalue weighted by Gasteiger charge is 2.21. The van der Waals surface area contributed by atoms with Gasteiger partial charge >= 0.3 is 0 Å². The zero-order valence-corrected chi connectivity index (χ0v) is 13.3. The van der Waals surface area contributed by atoms with Crippen LogP contribution in [0.2, 0.25) is 0 Å². The molecule has 2 aromatic rings. The molecule has 100 valence electrons. The lowest BCUT2D eigenvalue weighted by molar-refractivity contribution is 0.415. The smallest absolute Gasteiger partial charge is 0.128 e. The molecule has 0 bridgehead atoms. The van der Waals surface area contributed by atoms with E-state index in [9.17, 15) is 0 Å². The van der Waals surface area contributed by atoms with Crippen LogP contribution in [-0.2, 0) is 11.8 Å². The third-order valence-corrected chi connectivity index (χ3v) is 7.42. The summed E-state index contributed by atoms with van der Waals surface area (Å²) in [6, 6.07) is 15.5. The maximum Gasteiger partial charge on any atom is 0.128 e. The fourth-order valence-corrected chi connectivity index (χ4v) is 5.10. The van der Waals surface area contributed by atoms with Crippen molar-refractivity contribution in [2.75, 3.05) is 14.2 Å². The van der Waals surface area contributed by atoms with Gasteiger partial charge in [-0.25, -0.2) is 0 Å². The lowest BCUT2D eigenvalue weighted by atomic mass is 10.3. The first-order valence-electron chi connectivity index (χ1n) is 5.70. The van der Waals surface area contributed by atoms with Crippen LogP contribution >= 0.6 is 17.5 Å². The SMILES string of the molecule is COc1ccc(P(=S)(S)c2ccccc2OC)cc1. The Morgan fingerprint density at radius 3 is 2.16 bits per heavy atom. The van der Waals surface area contributed by atoms with Crippen molar-refractivity contribution in [2.24, 2.45) is 0 Å². The van der Waals surface area contributed by atoms with Gasteiger partial charge in [0.05, 0.1) is 19.5 Å². The first-order chi connectivity index (χ1) is 9.09. The minimum absolute atomic E-state index is 0.789. The Morgan fingerprint density at radius 1 is 0.947 bits per heavy atom. The van der Waals surface area contributed by atoms with E-state index >= 15 is 0 Å². The van der Waals surface area contributed by atoms with Gasteiger partial charge in [0, 0.05) is 5.30 Å². The van der Waals surface area contributed by atoms with Crippen molar-refractivity contribution in [3.8, 4) is 11.5 Å². The molecule has 0 saturated heterocycles. The van der Waals surface area contributed by atoms with Crippen LogP contribution in [-0.4, -0.2) is 14.2 Å². The van der Waals surface area contributed by atoms with Gasteiger partial charge in [0.25, 0.3) is 0 Å². The molecule has 0 amide bonds. The van der Waals surface area contributed by atoms with Gasteiger partial charge in [-0.2, -0.15) is 0 Å². The average Bonchev–Trinajstić information content (AvgIpc) is 2.47. The quantitative estimate of drug-likeness (QED) is 0.692. The van der Waals surface area contributed by atoms with E-state index in [4.69, 9.17) is 33.5 Å². The van der Waals surface area contributed by atoms with E-state index < -0.39 is 5.24 Å². The summed E-state index contributed by atoms with van der Waals surface area (Å²) < 4.78 is 10.5. The topological polar surface area (TPSA) is 18.5 Å². The van der Waals surface area contributed by atoms with E-state index in [0.29, 0.717) is 0 Å². The van der Waals surface area contributed by atoms with Crippen molar-refractivity contribution in [3.63, 3.8) is 0 Å². The first kappa shape index (κ1) is 14.4. The number of methoxy groups -OCH3 is 2. The lowest BCUT2D eigenvalue weighted by Gasteiger charge is -2.19. The minimum atomic E-state index is -2.13. The molecule has 0 aliphatic carbocycles. The Morgan fingerprint density at radius 2 is 1.58 bits per heavy atom. The van der Waals surface area contributed by atoms with Crippen LogP contribution in [0.5, 0.6) is 11.5 Å². The summed E-state index contributed by atoms with van der Waals surface area (Å²) in [7, 11) is 3.29. The lowest BCUT2D eigenvalue weighted by Crippen LogP contribution is -2.14. The molecule has 5 heteroatoms. The van der Waals surface area contributed by atoms with Crippen molar-refractivity contribution in [2.45, 2.75) is 0 Å². The number of thiol groups is 1. The van der Waals surface area contributed by atoms with Crippen molar-refractivity contribution in [1.29, 1.82) is 0 Å². The summed E-state index contributed by atoms with van der Waals surface area (Å²) in [5.41, 5.74) is 0. The molecule has 1 unspecified atom stereocenters. The molecule has 0 saturated carbocycles. The zero-order chi connectivity index (χ0) is 13.9. The molecular weight excluding hydrogens is 295 g/mol. The van der Waals surface area contributed by atoms with Crippen molar-refractivity contribution >= 4 is 39.9 Å². The van der Waals surface area contributed by atoms with Gasteiger partial charge in [-0.15, -0.1) is 12.2 Å². The van der Waals surface area contributed by atoms with Gasteiger partial charge in [-0.3, -0.25) is 0 Å². The number of benzene rings is 2. The molecule has 0 aromatic heterocycles. The Hall–Kier alpha value is -0.960. The second-order valence-corrected chi connectivity index (χ2v) is 10.4. The van der Waals surface area contributed by atoms with Gasteiger partial charge in [-0.05, 0) is 41.7 Å². The van der Waals surface area contributed by atoms with Crippen LogP contribution < -0.4 is 20.1 Å². The fraction of sp³-hybridized carbons (Fsp3) is 0.143. The van der Waals surface area contributed by atoms with Crippen LogP contribution in [0.4, 0.5) is 0 Å². The van der Waals surface area contributed by atoms with E-state index in [1.54, 1.807) is 14.2 Å². The molecule has 0 fully saturated rings. The molecule has 0 spiro atoms. The average molecular weight is 310 g/mol. The molecule has 2 aromatic carbocycles. The highest BCUT2D eigenvalue weighted by Crippen LogP contribution is 2.50. The fourth-order valence-electron chi connectivity index (χ4n) is 1.80. The van der Waals surface area contributed by atoms with E-state index in [-0.39, 0.29) is 0 Å². The second kappa shape index (κ2) is 6.00. The number of hydrogen-bond donors (Lipinski definition) is 1. The number of rotatable bonds is 4. The Labute approximate surface area is 123 Å². The van der Waals surface area contributed by atoms with Crippen molar-refractivity contribution in [3.05, 3.63) is 48.5 Å². The molecule has 1 atom stereocenters. The van der Waals surface area contributed by atoms with E-state index in [0.717, 1.165) is 22.1 Å². The standard InChI is InChI=1S/C14H15O2PS2/c1-15-11-7-9-12(10-8-11)17(18,19)14-6-4-3-5-13(14)16-2/h3-10H,1-2H3,(H,18,19). The van der Waals surface area contributed by atoms with Gasteiger partial charge in [-0.1, -0.05) is 23.9 Å².